The fraction of sp³-hybridized carbons (Fsp3) is 0.519. The topological polar surface area (TPSA) is 81.2 Å². The second kappa shape index (κ2) is 9.13. The zero-order valence-corrected chi connectivity index (χ0v) is 21.2. The van der Waals surface area contributed by atoms with Crippen LogP contribution in [0.15, 0.2) is 54.6 Å². The predicted octanol–water partition coefficient (Wildman–Crippen LogP) is 1.93. The second-order valence-electron chi connectivity index (χ2n) is 10.3. The van der Waals surface area contributed by atoms with Gasteiger partial charge in [-0.2, -0.15) is 0 Å². The Morgan fingerprint density at radius 1 is 1.06 bits per heavy atom. The van der Waals surface area contributed by atoms with Crippen molar-refractivity contribution in [2.45, 2.75) is 42.5 Å². The molecule has 1 N–H and O–H groups in total. The first kappa shape index (κ1) is 24.1. The number of carbonyl (C=O) groups is 3. The molecule has 0 aliphatic carbocycles. The highest BCUT2D eigenvalue weighted by molar-refractivity contribution is 8.02. The Kier molecular flexibility index (Phi) is 6.30. The van der Waals surface area contributed by atoms with Gasteiger partial charge in [0.2, 0.25) is 17.7 Å². The molecular weight excluding hydrogens is 462 g/mol. The summed E-state index contributed by atoms with van der Waals surface area (Å²) >= 11 is 1.58. The van der Waals surface area contributed by atoms with Gasteiger partial charge in [0.15, 0.2) is 0 Å². The molecule has 0 bridgehead atoms. The van der Waals surface area contributed by atoms with E-state index in [-0.39, 0.29) is 35.5 Å². The molecule has 4 aliphatic rings. The van der Waals surface area contributed by atoms with Crippen LogP contribution in [0.4, 0.5) is 0 Å². The Morgan fingerprint density at radius 3 is 2.49 bits per heavy atom. The van der Waals surface area contributed by atoms with Crippen LogP contribution in [0.5, 0.6) is 0 Å². The summed E-state index contributed by atoms with van der Waals surface area (Å²) in [5.41, 5.74) is 1.02. The maximum atomic E-state index is 14.3. The molecule has 0 radical (unpaired) electrons. The minimum Gasteiger partial charge on any atom is -0.394 e. The number of benzene rings is 1. The van der Waals surface area contributed by atoms with E-state index in [0.29, 0.717) is 19.6 Å². The van der Waals surface area contributed by atoms with Crippen molar-refractivity contribution in [3.8, 4) is 0 Å². The van der Waals surface area contributed by atoms with Gasteiger partial charge >= 0.3 is 0 Å². The Balaban J connectivity index is 1.61. The number of rotatable bonds is 5. The molecule has 35 heavy (non-hydrogen) atoms. The van der Waals surface area contributed by atoms with Gasteiger partial charge in [-0.15, -0.1) is 11.8 Å². The van der Waals surface area contributed by atoms with Crippen LogP contribution in [0.25, 0.3) is 0 Å². The predicted molar refractivity (Wildman–Crippen MR) is 135 cm³/mol. The lowest BCUT2D eigenvalue weighted by Gasteiger charge is -2.39. The van der Waals surface area contributed by atoms with Crippen LogP contribution in [0, 0.1) is 17.8 Å². The minimum absolute atomic E-state index is 0.0457. The summed E-state index contributed by atoms with van der Waals surface area (Å²) in [5.74, 6) is -1.60. The zero-order chi connectivity index (χ0) is 24.9. The van der Waals surface area contributed by atoms with Crippen molar-refractivity contribution < 1.29 is 19.5 Å². The number of carbonyl (C=O) groups excluding carboxylic acids is 3. The summed E-state index contributed by atoms with van der Waals surface area (Å²) in [7, 11) is 1.76. The summed E-state index contributed by atoms with van der Waals surface area (Å²) in [6, 6.07) is 8.55. The summed E-state index contributed by atoms with van der Waals surface area (Å²) in [6.07, 6.45) is 8.04. The maximum absolute atomic E-state index is 14.3. The Hall–Kier alpha value is -2.58. The number of thioether (sulfide) groups is 1. The number of nitrogens with zero attached hydrogens (tertiary/aromatic N) is 3. The average Bonchev–Trinajstić information content (AvgIpc) is 3.16. The fourth-order valence-corrected chi connectivity index (χ4v) is 8.17. The highest BCUT2D eigenvalue weighted by Gasteiger charge is 2.71. The maximum Gasteiger partial charge on any atom is 0.247 e. The monoisotopic (exact) mass is 495 g/mol. The first-order valence-electron chi connectivity index (χ1n) is 12.3. The number of amides is 3. The lowest BCUT2D eigenvalue weighted by molar-refractivity contribution is -0.147. The molecule has 4 heterocycles. The lowest BCUT2D eigenvalue weighted by atomic mass is 9.78. The fourth-order valence-electron chi connectivity index (χ4n) is 6.17. The van der Waals surface area contributed by atoms with Gasteiger partial charge in [-0.1, -0.05) is 68.5 Å². The summed E-state index contributed by atoms with van der Waals surface area (Å²) in [4.78, 5) is 47.0. The summed E-state index contributed by atoms with van der Waals surface area (Å²) in [6.45, 7) is 5.07. The molecule has 1 unspecified atom stereocenters. The van der Waals surface area contributed by atoms with E-state index in [1.165, 1.54) is 0 Å². The highest BCUT2D eigenvalue weighted by atomic mass is 32.2. The molecule has 6 atom stereocenters. The number of likely N-dealkylation sites (N-methyl/N-ethyl adjacent to an activating group) is 1. The van der Waals surface area contributed by atoms with Crippen molar-refractivity contribution in [1.82, 2.24) is 14.7 Å². The number of likely N-dealkylation sites (tertiary alicyclic amines) is 1. The molecule has 1 aromatic rings. The lowest BCUT2D eigenvalue weighted by Crippen LogP contribution is -2.57. The molecule has 0 aromatic heterocycles. The van der Waals surface area contributed by atoms with Crippen molar-refractivity contribution in [3.05, 3.63) is 60.2 Å². The van der Waals surface area contributed by atoms with E-state index in [1.54, 1.807) is 33.5 Å². The second-order valence-corrected chi connectivity index (χ2v) is 11.8. The van der Waals surface area contributed by atoms with E-state index in [0.717, 1.165) is 5.56 Å². The Bertz CT molecular complexity index is 1070. The first-order chi connectivity index (χ1) is 16.8. The Labute approximate surface area is 210 Å². The van der Waals surface area contributed by atoms with Gasteiger partial charge in [0, 0.05) is 31.9 Å². The molecule has 1 aromatic carbocycles. The Morgan fingerprint density at radius 2 is 1.80 bits per heavy atom. The normalized spacial score (nSPS) is 33.1. The van der Waals surface area contributed by atoms with Crippen LogP contribution in [-0.2, 0) is 20.9 Å². The van der Waals surface area contributed by atoms with Gasteiger partial charge in [0.25, 0.3) is 0 Å². The number of hydrogen-bond donors (Lipinski definition) is 1. The largest absolute Gasteiger partial charge is 0.394 e. The van der Waals surface area contributed by atoms with Crippen molar-refractivity contribution in [2.75, 3.05) is 26.7 Å². The SMILES string of the molecule is CC(C)[C@H](CO)N1C(=O)[C@@H]2[C@@H]3C(=O)N(C)CC=C[C@@H]3S[C@@]23C=CCN(Cc2ccccc2)C(=O)C13. The van der Waals surface area contributed by atoms with E-state index in [2.05, 4.69) is 0 Å². The molecule has 186 valence electrons. The van der Waals surface area contributed by atoms with Crippen molar-refractivity contribution in [1.29, 1.82) is 0 Å². The third-order valence-corrected chi connectivity index (χ3v) is 9.66. The van der Waals surface area contributed by atoms with Crippen LogP contribution in [0.2, 0.25) is 0 Å². The van der Waals surface area contributed by atoms with Gasteiger partial charge in [-0.3, -0.25) is 14.4 Å². The summed E-state index contributed by atoms with van der Waals surface area (Å²) < 4.78 is -0.852. The molecular formula is C27H33N3O4S. The van der Waals surface area contributed by atoms with E-state index in [4.69, 9.17) is 0 Å². The van der Waals surface area contributed by atoms with E-state index >= 15 is 0 Å². The van der Waals surface area contributed by atoms with E-state index < -0.39 is 28.7 Å². The van der Waals surface area contributed by atoms with E-state index in [9.17, 15) is 19.5 Å². The van der Waals surface area contributed by atoms with Gasteiger partial charge < -0.3 is 19.8 Å². The number of fused-ring (bicyclic) bond motifs is 2. The summed E-state index contributed by atoms with van der Waals surface area (Å²) in [5, 5.41) is 10.2. The molecule has 1 spiro atoms. The number of aliphatic hydroxyl groups excluding tert-OH is 1. The van der Waals surface area contributed by atoms with Gasteiger partial charge in [-0.05, 0) is 11.5 Å². The van der Waals surface area contributed by atoms with Gasteiger partial charge in [0.05, 0.1) is 29.2 Å². The minimum atomic E-state index is -0.852. The number of aliphatic hydroxyl groups is 1. The van der Waals surface area contributed by atoms with Crippen LogP contribution in [0.1, 0.15) is 19.4 Å². The molecule has 7 nitrogen and oxygen atoms in total. The molecule has 2 fully saturated rings. The van der Waals surface area contributed by atoms with Crippen molar-refractivity contribution in [2.24, 2.45) is 17.8 Å². The van der Waals surface area contributed by atoms with Crippen molar-refractivity contribution >= 4 is 29.5 Å². The van der Waals surface area contributed by atoms with Gasteiger partial charge in [-0.25, -0.2) is 0 Å². The first-order valence-corrected chi connectivity index (χ1v) is 13.2. The van der Waals surface area contributed by atoms with Gasteiger partial charge in [0.1, 0.15) is 6.04 Å². The molecule has 0 saturated carbocycles. The zero-order valence-electron chi connectivity index (χ0n) is 20.4. The smallest absolute Gasteiger partial charge is 0.247 e. The standard InChI is InChI=1S/C27H33N3O4S/c1-17(2)19(16-31)30-23-26(34)29(15-18-9-5-4-6-10-18)14-8-12-27(23)22(25(30)33)21-20(35-27)11-7-13-28(3)24(21)32/h4-12,17,19-23,31H,13-16H2,1-3H3/t19-,20-,21+,22-,23?,27-/m0/s1. The van der Waals surface area contributed by atoms with E-state index in [1.807, 2.05) is 68.5 Å². The third-order valence-electron chi connectivity index (χ3n) is 7.91. The van der Waals surface area contributed by atoms with Crippen LogP contribution in [-0.4, -0.2) is 86.4 Å². The van der Waals surface area contributed by atoms with Crippen LogP contribution < -0.4 is 0 Å². The molecule has 5 rings (SSSR count). The highest BCUT2D eigenvalue weighted by Crippen LogP contribution is 2.61. The molecule has 8 heteroatoms. The third kappa shape index (κ3) is 3.73. The molecule has 4 aliphatic heterocycles. The molecule has 2 saturated heterocycles. The van der Waals surface area contributed by atoms with Crippen LogP contribution >= 0.6 is 11.8 Å². The van der Waals surface area contributed by atoms with Crippen LogP contribution in [0.3, 0.4) is 0 Å². The number of hydrogen-bond acceptors (Lipinski definition) is 5. The molecule has 3 amide bonds. The average molecular weight is 496 g/mol. The quantitative estimate of drug-likeness (QED) is 0.632. The van der Waals surface area contributed by atoms with Crippen molar-refractivity contribution in [3.63, 3.8) is 0 Å².